The van der Waals surface area contributed by atoms with Crippen molar-refractivity contribution in [3.8, 4) is 5.75 Å². The molecule has 0 aromatic heterocycles. The van der Waals surface area contributed by atoms with Crippen LogP contribution in [0.25, 0.3) is 0 Å². The van der Waals surface area contributed by atoms with E-state index in [1.165, 1.54) is 0 Å². The van der Waals surface area contributed by atoms with Crippen molar-refractivity contribution in [1.82, 2.24) is 5.43 Å². The summed E-state index contributed by atoms with van der Waals surface area (Å²) in [5, 5.41) is 4.00. The molecular weight excluding hydrogens is 424 g/mol. The van der Waals surface area contributed by atoms with Crippen LogP contribution in [0.2, 0.25) is 0 Å². The standard InChI is InChI=1S/C17H16Br2N2O2/c1-2-23-16-8-7-15(19)10-13(16)11-20-21-17(22)9-12-3-5-14(18)6-4-12/h3-8,10-11H,2,9H2,1H3,(H,21,22)/b20-11+. The van der Waals surface area contributed by atoms with Crippen LogP contribution in [0.1, 0.15) is 18.1 Å². The summed E-state index contributed by atoms with van der Waals surface area (Å²) in [6, 6.07) is 13.2. The van der Waals surface area contributed by atoms with Crippen molar-refractivity contribution in [2.45, 2.75) is 13.3 Å². The number of ether oxygens (including phenoxy) is 1. The fraction of sp³-hybridized carbons (Fsp3) is 0.176. The van der Waals surface area contributed by atoms with Crippen molar-refractivity contribution < 1.29 is 9.53 Å². The molecule has 4 nitrogen and oxygen atoms in total. The van der Waals surface area contributed by atoms with Crippen LogP contribution < -0.4 is 10.2 Å². The largest absolute Gasteiger partial charge is 0.493 e. The zero-order valence-electron chi connectivity index (χ0n) is 12.6. The number of carbonyl (C=O) groups is 1. The molecule has 0 radical (unpaired) electrons. The van der Waals surface area contributed by atoms with Crippen molar-refractivity contribution in [2.75, 3.05) is 6.61 Å². The molecule has 0 aliphatic rings. The number of hydrogen-bond donors (Lipinski definition) is 1. The van der Waals surface area contributed by atoms with Gasteiger partial charge in [-0.3, -0.25) is 4.79 Å². The molecule has 0 aliphatic heterocycles. The molecule has 0 heterocycles. The van der Waals surface area contributed by atoms with Crippen LogP contribution in [0, 0.1) is 0 Å². The summed E-state index contributed by atoms with van der Waals surface area (Å²) in [6.45, 7) is 2.49. The van der Waals surface area contributed by atoms with Crippen LogP contribution >= 0.6 is 31.9 Å². The summed E-state index contributed by atoms with van der Waals surface area (Å²) in [7, 11) is 0. The smallest absolute Gasteiger partial charge is 0.244 e. The zero-order chi connectivity index (χ0) is 16.7. The van der Waals surface area contributed by atoms with E-state index >= 15 is 0 Å². The molecular formula is C17H16Br2N2O2. The maximum absolute atomic E-state index is 11.9. The molecule has 0 aliphatic carbocycles. The molecule has 2 aromatic carbocycles. The number of halogens is 2. The van der Waals surface area contributed by atoms with Crippen molar-refractivity contribution in [3.63, 3.8) is 0 Å². The van der Waals surface area contributed by atoms with Gasteiger partial charge in [0.2, 0.25) is 5.91 Å². The number of benzene rings is 2. The molecule has 0 saturated carbocycles. The number of hydrogen-bond acceptors (Lipinski definition) is 3. The number of nitrogens with one attached hydrogen (secondary N) is 1. The van der Waals surface area contributed by atoms with E-state index in [9.17, 15) is 4.79 Å². The Kier molecular flexibility index (Phi) is 6.80. The van der Waals surface area contributed by atoms with E-state index in [2.05, 4.69) is 42.4 Å². The van der Waals surface area contributed by atoms with Gasteiger partial charge in [-0.1, -0.05) is 44.0 Å². The molecule has 23 heavy (non-hydrogen) atoms. The topological polar surface area (TPSA) is 50.7 Å². The lowest BCUT2D eigenvalue weighted by atomic mass is 10.1. The minimum Gasteiger partial charge on any atom is -0.493 e. The highest BCUT2D eigenvalue weighted by Gasteiger charge is 2.04. The quantitative estimate of drug-likeness (QED) is 0.538. The van der Waals surface area contributed by atoms with Crippen molar-refractivity contribution in [2.24, 2.45) is 5.10 Å². The van der Waals surface area contributed by atoms with Gasteiger partial charge < -0.3 is 4.74 Å². The van der Waals surface area contributed by atoms with Gasteiger partial charge in [0.25, 0.3) is 0 Å². The molecule has 0 fully saturated rings. The Balaban J connectivity index is 1.97. The molecule has 0 atom stereocenters. The number of nitrogens with zero attached hydrogens (tertiary/aromatic N) is 1. The highest BCUT2D eigenvalue weighted by atomic mass is 79.9. The predicted molar refractivity (Wildman–Crippen MR) is 98.9 cm³/mol. The van der Waals surface area contributed by atoms with Crippen LogP contribution in [-0.4, -0.2) is 18.7 Å². The number of carbonyl (C=O) groups excluding carboxylic acids is 1. The highest BCUT2D eigenvalue weighted by molar-refractivity contribution is 9.10. The van der Waals surface area contributed by atoms with Gasteiger partial charge in [-0.2, -0.15) is 5.10 Å². The second-order valence-electron chi connectivity index (χ2n) is 4.71. The third-order valence-electron chi connectivity index (χ3n) is 2.94. The molecule has 0 bridgehead atoms. The molecule has 0 spiro atoms. The summed E-state index contributed by atoms with van der Waals surface area (Å²) in [6.07, 6.45) is 1.86. The first-order chi connectivity index (χ1) is 11.1. The third-order valence-corrected chi connectivity index (χ3v) is 3.96. The molecule has 0 unspecified atom stereocenters. The minimum atomic E-state index is -0.170. The third kappa shape index (κ3) is 5.80. The Labute approximate surface area is 152 Å². The van der Waals surface area contributed by atoms with E-state index < -0.39 is 0 Å². The van der Waals surface area contributed by atoms with E-state index in [0.717, 1.165) is 25.8 Å². The van der Waals surface area contributed by atoms with Gasteiger partial charge in [0.15, 0.2) is 0 Å². The van der Waals surface area contributed by atoms with Gasteiger partial charge in [-0.25, -0.2) is 5.43 Å². The van der Waals surface area contributed by atoms with E-state index in [4.69, 9.17) is 4.74 Å². The van der Waals surface area contributed by atoms with Crippen molar-refractivity contribution in [1.29, 1.82) is 0 Å². The molecule has 1 amide bonds. The van der Waals surface area contributed by atoms with Crippen molar-refractivity contribution >= 4 is 44.0 Å². The highest BCUT2D eigenvalue weighted by Crippen LogP contribution is 2.21. The Morgan fingerprint density at radius 2 is 1.87 bits per heavy atom. The Hall–Kier alpha value is -1.66. The minimum absolute atomic E-state index is 0.170. The second kappa shape index (κ2) is 8.84. The first kappa shape index (κ1) is 17.7. The molecule has 2 rings (SSSR count). The fourth-order valence-corrected chi connectivity index (χ4v) is 2.55. The number of hydrazone groups is 1. The average molecular weight is 440 g/mol. The molecule has 1 N–H and O–H groups in total. The van der Waals surface area contributed by atoms with Crippen LogP contribution in [0.5, 0.6) is 5.75 Å². The van der Waals surface area contributed by atoms with E-state index in [-0.39, 0.29) is 12.3 Å². The second-order valence-corrected chi connectivity index (χ2v) is 6.54. The first-order valence-corrected chi connectivity index (χ1v) is 8.65. The lowest BCUT2D eigenvalue weighted by Gasteiger charge is -2.07. The zero-order valence-corrected chi connectivity index (χ0v) is 15.7. The van der Waals surface area contributed by atoms with Gasteiger partial charge in [-0.05, 0) is 42.8 Å². The Morgan fingerprint density at radius 1 is 1.17 bits per heavy atom. The Bertz CT molecular complexity index is 700. The van der Waals surface area contributed by atoms with Crippen LogP contribution in [0.3, 0.4) is 0 Å². The van der Waals surface area contributed by atoms with Crippen LogP contribution in [0.15, 0.2) is 56.5 Å². The van der Waals surface area contributed by atoms with Gasteiger partial charge >= 0.3 is 0 Å². The van der Waals surface area contributed by atoms with Gasteiger partial charge in [0.05, 0.1) is 19.2 Å². The summed E-state index contributed by atoms with van der Waals surface area (Å²) in [4.78, 5) is 11.9. The molecule has 0 saturated heterocycles. The fourth-order valence-electron chi connectivity index (χ4n) is 1.91. The SMILES string of the molecule is CCOc1ccc(Br)cc1/C=N/NC(=O)Cc1ccc(Br)cc1. The number of amides is 1. The maximum atomic E-state index is 11.9. The van der Waals surface area contributed by atoms with Gasteiger partial charge in [0, 0.05) is 14.5 Å². The number of rotatable bonds is 6. The van der Waals surface area contributed by atoms with Gasteiger partial charge in [-0.15, -0.1) is 0 Å². The lowest BCUT2D eigenvalue weighted by Crippen LogP contribution is -2.19. The maximum Gasteiger partial charge on any atom is 0.244 e. The van der Waals surface area contributed by atoms with Crippen LogP contribution in [-0.2, 0) is 11.2 Å². The predicted octanol–water partition coefficient (Wildman–Crippen LogP) is 4.30. The van der Waals surface area contributed by atoms with E-state index in [1.807, 2.05) is 49.4 Å². The van der Waals surface area contributed by atoms with E-state index in [1.54, 1.807) is 6.21 Å². The summed E-state index contributed by atoms with van der Waals surface area (Å²) >= 11 is 6.77. The lowest BCUT2D eigenvalue weighted by molar-refractivity contribution is -0.120. The van der Waals surface area contributed by atoms with Crippen LogP contribution in [0.4, 0.5) is 0 Å². The summed E-state index contributed by atoms with van der Waals surface area (Å²) in [5.41, 5.74) is 4.26. The molecule has 120 valence electrons. The monoisotopic (exact) mass is 438 g/mol. The first-order valence-electron chi connectivity index (χ1n) is 7.07. The molecule has 6 heteroatoms. The molecule has 2 aromatic rings. The summed E-state index contributed by atoms with van der Waals surface area (Å²) in [5.74, 6) is 0.554. The Morgan fingerprint density at radius 3 is 2.57 bits per heavy atom. The normalized spacial score (nSPS) is 10.7. The summed E-state index contributed by atoms with van der Waals surface area (Å²) < 4.78 is 7.43. The average Bonchev–Trinajstić information content (AvgIpc) is 2.52. The van der Waals surface area contributed by atoms with Crippen molar-refractivity contribution in [3.05, 3.63) is 62.5 Å². The van der Waals surface area contributed by atoms with Gasteiger partial charge in [0.1, 0.15) is 5.75 Å². The van der Waals surface area contributed by atoms with E-state index in [0.29, 0.717) is 6.61 Å².